The Kier molecular flexibility index (Phi) is 7.42. The predicted molar refractivity (Wildman–Crippen MR) is 147 cm³/mol. The highest BCUT2D eigenvalue weighted by Crippen LogP contribution is 2.25. The fourth-order valence-electron chi connectivity index (χ4n) is 5.07. The van der Waals surface area contributed by atoms with Gasteiger partial charge in [-0.05, 0) is 26.1 Å². The van der Waals surface area contributed by atoms with Crippen LogP contribution in [0.2, 0.25) is 0 Å². The molecule has 0 spiro atoms. The van der Waals surface area contributed by atoms with Crippen molar-refractivity contribution in [2.75, 3.05) is 46.4 Å². The number of nitriles is 1. The molecule has 0 aliphatic carbocycles. The van der Waals surface area contributed by atoms with E-state index in [1.54, 1.807) is 34.9 Å². The molecular weight excluding hydrogens is 496 g/mol. The lowest BCUT2D eigenvalue weighted by atomic mass is 10.0. The SMILES string of the molecule is C=N/C(=C\N=C(C)c1cc(-c2cnn(C)c2)cn2ncc(C#N)c12)N1CCN(C(=O)N2CC[C@H](OC)C2)CC1. The number of methoxy groups -OCH3 is 1. The maximum atomic E-state index is 12.9. The number of urea groups is 1. The van der Waals surface area contributed by atoms with Crippen LogP contribution in [0.3, 0.4) is 0 Å². The van der Waals surface area contributed by atoms with Crippen LogP contribution in [0.1, 0.15) is 24.5 Å². The normalized spacial score (nSPS) is 18.6. The van der Waals surface area contributed by atoms with Gasteiger partial charge in [0.25, 0.3) is 0 Å². The van der Waals surface area contributed by atoms with Crippen LogP contribution >= 0.6 is 0 Å². The van der Waals surface area contributed by atoms with E-state index in [-0.39, 0.29) is 12.1 Å². The number of carbonyl (C=O) groups excluding carboxylic acids is 1. The summed E-state index contributed by atoms with van der Waals surface area (Å²) >= 11 is 0. The van der Waals surface area contributed by atoms with E-state index < -0.39 is 0 Å². The van der Waals surface area contributed by atoms with Gasteiger partial charge >= 0.3 is 6.03 Å². The van der Waals surface area contributed by atoms with Gasteiger partial charge in [0.2, 0.25) is 0 Å². The molecule has 12 nitrogen and oxygen atoms in total. The van der Waals surface area contributed by atoms with Crippen molar-refractivity contribution in [3.8, 4) is 17.2 Å². The van der Waals surface area contributed by atoms with E-state index in [1.165, 1.54) is 0 Å². The van der Waals surface area contributed by atoms with Gasteiger partial charge in [0, 0.05) is 88.2 Å². The summed E-state index contributed by atoms with van der Waals surface area (Å²) in [6.45, 7) is 9.47. The van der Waals surface area contributed by atoms with Gasteiger partial charge < -0.3 is 19.4 Å². The van der Waals surface area contributed by atoms with E-state index in [9.17, 15) is 10.1 Å². The van der Waals surface area contributed by atoms with Gasteiger partial charge in [-0.2, -0.15) is 15.5 Å². The lowest BCUT2D eigenvalue weighted by Gasteiger charge is -2.37. The summed E-state index contributed by atoms with van der Waals surface area (Å²) in [5, 5.41) is 18.3. The first-order valence-corrected chi connectivity index (χ1v) is 12.9. The number of hydrogen-bond donors (Lipinski definition) is 0. The Morgan fingerprint density at radius 3 is 2.54 bits per heavy atom. The summed E-state index contributed by atoms with van der Waals surface area (Å²) in [7, 11) is 3.56. The van der Waals surface area contributed by atoms with Crippen molar-refractivity contribution in [2.24, 2.45) is 17.0 Å². The lowest BCUT2D eigenvalue weighted by Crippen LogP contribution is -2.52. The highest BCUT2D eigenvalue weighted by Gasteiger charge is 2.31. The summed E-state index contributed by atoms with van der Waals surface area (Å²) in [5.74, 6) is 0.635. The van der Waals surface area contributed by atoms with Crippen LogP contribution in [-0.4, -0.2) is 105 Å². The van der Waals surface area contributed by atoms with Crippen molar-refractivity contribution >= 4 is 24.0 Å². The molecule has 2 fully saturated rings. The monoisotopic (exact) mass is 528 g/mol. The molecule has 0 bridgehead atoms. The Balaban J connectivity index is 1.35. The molecule has 0 unspecified atom stereocenters. The molecule has 3 aromatic rings. The Labute approximate surface area is 227 Å². The molecule has 5 rings (SSSR count). The van der Waals surface area contributed by atoms with E-state index in [2.05, 4.69) is 32.9 Å². The van der Waals surface area contributed by atoms with E-state index in [0.717, 1.165) is 29.7 Å². The number of likely N-dealkylation sites (tertiary alicyclic amines) is 1. The largest absolute Gasteiger partial charge is 0.380 e. The summed E-state index contributed by atoms with van der Waals surface area (Å²) in [6.07, 6.45) is 9.84. The Hall–Kier alpha value is -4.50. The van der Waals surface area contributed by atoms with Crippen LogP contribution in [0.5, 0.6) is 0 Å². The topological polar surface area (TPSA) is 120 Å². The number of carbonyl (C=O) groups is 1. The van der Waals surface area contributed by atoms with E-state index >= 15 is 0 Å². The Bertz CT molecular complexity index is 1490. The first kappa shape index (κ1) is 26.1. The van der Waals surface area contributed by atoms with Gasteiger partial charge in [0.1, 0.15) is 11.9 Å². The van der Waals surface area contributed by atoms with Gasteiger partial charge in [-0.25, -0.2) is 14.3 Å². The quantitative estimate of drug-likeness (QED) is 0.453. The third-order valence-corrected chi connectivity index (χ3v) is 7.32. The highest BCUT2D eigenvalue weighted by molar-refractivity contribution is 6.06. The first-order chi connectivity index (χ1) is 18.9. The van der Waals surface area contributed by atoms with Crippen molar-refractivity contribution in [1.82, 2.24) is 34.1 Å². The average Bonchev–Trinajstić information content (AvgIpc) is 3.72. The Morgan fingerprint density at radius 1 is 1.13 bits per heavy atom. The van der Waals surface area contributed by atoms with Gasteiger partial charge in [0.05, 0.1) is 35.8 Å². The lowest BCUT2D eigenvalue weighted by molar-refractivity contribution is 0.0997. The van der Waals surface area contributed by atoms with Crippen LogP contribution in [0.15, 0.2) is 52.9 Å². The minimum absolute atomic E-state index is 0.0618. The number of nitrogens with zero attached hydrogens (tertiary/aromatic N) is 10. The molecule has 5 heterocycles. The van der Waals surface area contributed by atoms with Crippen LogP contribution in [0.4, 0.5) is 4.79 Å². The van der Waals surface area contributed by atoms with Crippen LogP contribution in [0, 0.1) is 11.3 Å². The fourth-order valence-corrected chi connectivity index (χ4v) is 5.07. The summed E-state index contributed by atoms with van der Waals surface area (Å²) < 4.78 is 8.84. The molecule has 2 aliphatic rings. The molecule has 202 valence electrons. The van der Waals surface area contributed by atoms with Gasteiger partial charge in [-0.1, -0.05) is 0 Å². The third-order valence-electron chi connectivity index (χ3n) is 7.32. The minimum atomic E-state index is 0.0618. The minimum Gasteiger partial charge on any atom is -0.380 e. The number of aryl methyl sites for hydroxylation is 1. The number of fused-ring (bicyclic) bond motifs is 1. The second-order valence-corrected chi connectivity index (χ2v) is 9.72. The zero-order valence-electron chi connectivity index (χ0n) is 22.5. The smallest absolute Gasteiger partial charge is 0.320 e. The van der Waals surface area contributed by atoms with Crippen molar-refractivity contribution in [1.29, 1.82) is 5.26 Å². The molecule has 3 aromatic heterocycles. The molecule has 0 radical (unpaired) electrons. The zero-order valence-corrected chi connectivity index (χ0v) is 22.5. The average molecular weight is 529 g/mol. The van der Waals surface area contributed by atoms with Gasteiger partial charge in [-0.15, -0.1) is 0 Å². The molecular formula is C27H32N10O2. The van der Waals surface area contributed by atoms with Crippen LogP contribution < -0.4 is 0 Å². The summed E-state index contributed by atoms with van der Waals surface area (Å²) in [6, 6.07) is 4.29. The van der Waals surface area contributed by atoms with Crippen LogP contribution in [-0.2, 0) is 11.8 Å². The fraction of sp³-hybridized carbons (Fsp3) is 0.407. The number of piperazine rings is 1. The number of hydrogen-bond acceptors (Lipinski definition) is 8. The number of pyridine rings is 1. The van der Waals surface area contributed by atoms with Gasteiger partial charge in [-0.3, -0.25) is 9.67 Å². The number of ether oxygens (including phenoxy) is 1. The summed E-state index contributed by atoms with van der Waals surface area (Å²) in [4.78, 5) is 27.7. The van der Waals surface area contributed by atoms with Crippen molar-refractivity contribution in [2.45, 2.75) is 19.4 Å². The molecule has 2 aliphatic heterocycles. The Morgan fingerprint density at radius 2 is 1.90 bits per heavy atom. The molecule has 2 amide bonds. The second kappa shape index (κ2) is 11.1. The van der Waals surface area contributed by atoms with Crippen molar-refractivity contribution in [3.63, 3.8) is 0 Å². The number of aliphatic imine (C=N–C) groups is 2. The number of rotatable bonds is 6. The predicted octanol–water partition coefficient (Wildman–Crippen LogP) is 2.37. The standard InChI is InChI=1S/C27H32N10O2/c1-19(24-11-20(22-14-31-33(3)16-22)17-37-26(24)21(12-28)13-32-37)30-15-25(29-2)34-7-9-35(10-8-34)27(38)36-6-5-23(18-36)39-4/h11,13-17,23H,2,5-10,18H2,1,3-4H3/b25-15+,30-19?/t23-/m0/s1. The van der Waals surface area contributed by atoms with Gasteiger partial charge in [0.15, 0.2) is 0 Å². The molecule has 0 aromatic carbocycles. The zero-order chi connectivity index (χ0) is 27.5. The molecule has 0 N–H and O–H groups in total. The van der Waals surface area contributed by atoms with E-state index in [1.807, 2.05) is 42.2 Å². The van der Waals surface area contributed by atoms with E-state index in [0.29, 0.717) is 55.3 Å². The summed E-state index contributed by atoms with van der Waals surface area (Å²) in [5.41, 5.74) is 4.51. The maximum absolute atomic E-state index is 12.9. The number of amides is 2. The molecule has 12 heteroatoms. The molecule has 2 saturated heterocycles. The highest BCUT2D eigenvalue weighted by atomic mass is 16.5. The van der Waals surface area contributed by atoms with Crippen molar-refractivity contribution in [3.05, 3.63) is 54.0 Å². The maximum Gasteiger partial charge on any atom is 0.320 e. The molecule has 39 heavy (non-hydrogen) atoms. The molecule has 1 atom stereocenters. The second-order valence-electron chi connectivity index (χ2n) is 9.72. The van der Waals surface area contributed by atoms with Crippen molar-refractivity contribution < 1.29 is 9.53 Å². The first-order valence-electron chi connectivity index (χ1n) is 12.9. The van der Waals surface area contributed by atoms with E-state index in [4.69, 9.17) is 9.73 Å². The van der Waals surface area contributed by atoms with Crippen LogP contribution in [0.25, 0.3) is 16.6 Å². The molecule has 0 saturated carbocycles. The third kappa shape index (κ3) is 5.26. The number of aromatic nitrogens is 4.